The van der Waals surface area contributed by atoms with Gasteiger partial charge >= 0.3 is 6.03 Å². The van der Waals surface area contributed by atoms with E-state index in [1.165, 1.54) is 18.2 Å². The maximum absolute atomic E-state index is 13.8. The fourth-order valence-corrected chi connectivity index (χ4v) is 3.94. The average molecular weight is 372 g/mol. The van der Waals surface area contributed by atoms with Crippen molar-refractivity contribution in [3.63, 3.8) is 0 Å². The summed E-state index contributed by atoms with van der Waals surface area (Å²) in [6, 6.07) is 5.77. The SMILES string of the molecule is O=C(NC[C@@H]1C[C@H]1c1c(F)cccc1F)N1CCC(c2ccncn2)CC1. The predicted octanol–water partition coefficient (Wildman–Crippen LogP) is 3.45. The lowest BCUT2D eigenvalue weighted by Gasteiger charge is -2.31. The number of carbonyl (C=O) groups is 1. The van der Waals surface area contributed by atoms with Crippen LogP contribution in [0.1, 0.15) is 42.4 Å². The Hall–Kier alpha value is -2.57. The Morgan fingerprint density at radius 1 is 1.19 bits per heavy atom. The second-order valence-electron chi connectivity index (χ2n) is 7.32. The molecule has 1 saturated heterocycles. The minimum atomic E-state index is -0.499. The summed E-state index contributed by atoms with van der Waals surface area (Å²) < 4.78 is 27.7. The lowest BCUT2D eigenvalue weighted by molar-refractivity contribution is 0.180. The smallest absolute Gasteiger partial charge is 0.317 e. The standard InChI is InChI=1S/C20H22F2N4O/c21-16-2-1-3-17(22)19(16)15-10-14(15)11-24-20(27)26-8-5-13(6-9-26)18-4-7-23-12-25-18/h1-4,7,12-15H,5-6,8-11H2,(H,24,27)/t14-,15+/m0/s1. The molecule has 5 nitrogen and oxygen atoms in total. The van der Waals surface area contributed by atoms with Crippen LogP contribution < -0.4 is 5.32 Å². The van der Waals surface area contributed by atoms with Crippen molar-refractivity contribution in [2.45, 2.75) is 31.1 Å². The van der Waals surface area contributed by atoms with Crippen molar-refractivity contribution in [1.29, 1.82) is 0 Å². The molecular formula is C20H22F2N4O. The quantitative estimate of drug-likeness (QED) is 0.894. The van der Waals surface area contributed by atoms with Crippen LogP contribution in [0.25, 0.3) is 0 Å². The molecular weight excluding hydrogens is 350 g/mol. The number of benzene rings is 1. The van der Waals surface area contributed by atoms with E-state index in [-0.39, 0.29) is 23.4 Å². The normalized spacial score (nSPS) is 22.5. The molecule has 2 fully saturated rings. The molecule has 0 radical (unpaired) electrons. The number of hydrogen-bond acceptors (Lipinski definition) is 3. The fourth-order valence-electron chi connectivity index (χ4n) is 3.94. The molecule has 1 saturated carbocycles. The number of nitrogens with zero attached hydrogens (tertiary/aromatic N) is 3. The van der Waals surface area contributed by atoms with Gasteiger partial charge in [-0.1, -0.05) is 6.07 Å². The fraction of sp³-hybridized carbons (Fsp3) is 0.450. The van der Waals surface area contributed by atoms with Crippen molar-refractivity contribution in [2.75, 3.05) is 19.6 Å². The predicted molar refractivity (Wildman–Crippen MR) is 96.2 cm³/mol. The maximum atomic E-state index is 13.8. The van der Waals surface area contributed by atoms with Gasteiger partial charge in [-0.3, -0.25) is 0 Å². The Morgan fingerprint density at radius 2 is 1.93 bits per heavy atom. The van der Waals surface area contributed by atoms with Crippen LogP contribution in [0.5, 0.6) is 0 Å². The van der Waals surface area contributed by atoms with E-state index >= 15 is 0 Å². The second-order valence-corrected chi connectivity index (χ2v) is 7.32. The van der Waals surface area contributed by atoms with Crippen molar-refractivity contribution in [3.05, 3.63) is 59.7 Å². The van der Waals surface area contributed by atoms with Crippen LogP contribution >= 0.6 is 0 Å². The van der Waals surface area contributed by atoms with E-state index in [1.807, 2.05) is 6.07 Å². The molecule has 27 heavy (non-hydrogen) atoms. The van der Waals surface area contributed by atoms with Gasteiger partial charge < -0.3 is 10.2 Å². The Balaban J connectivity index is 1.24. The van der Waals surface area contributed by atoms with Crippen molar-refractivity contribution >= 4 is 6.03 Å². The molecule has 2 aliphatic rings. The Morgan fingerprint density at radius 3 is 2.59 bits per heavy atom. The molecule has 0 bridgehead atoms. The number of amides is 2. The van der Waals surface area contributed by atoms with E-state index in [0.29, 0.717) is 32.0 Å². The first-order valence-corrected chi connectivity index (χ1v) is 9.36. The third-order valence-corrected chi connectivity index (χ3v) is 5.61. The van der Waals surface area contributed by atoms with Crippen LogP contribution in [0, 0.1) is 17.6 Å². The van der Waals surface area contributed by atoms with E-state index < -0.39 is 11.6 Å². The van der Waals surface area contributed by atoms with Crippen LogP contribution in [0.3, 0.4) is 0 Å². The summed E-state index contributed by atoms with van der Waals surface area (Å²) in [4.78, 5) is 22.4. The van der Waals surface area contributed by atoms with Gasteiger partial charge in [-0.15, -0.1) is 0 Å². The van der Waals surface area contributed by atoms with Crippen LogP contribution in [-0.2, 0) is 0 Å². The Kier molecular flexibility index (Phi) is 5.01. The van der Waals surface area contributed by atoms with Gasteiger partial charge in [-0.25, -0.2) is 23.5 Å². The molecule has 2 heterocycles. The maximum Gasteiger partial charge on any atom is 0.317 e. The first-order chi connectivity index (χ1) is 13.1. The third kappa shape index (κ3) is 3.91. The zero-order chi connectivity index (χ0) is 18.8. The lowest BCUT2D eigenvalue weighted by Crippen LogP contribution is -2.44. The van der Waals surface area contributed by atoms with E-state index in [0.717, 1.165) is 18.5 Å². The molecule has 2 atom stereocenters. The minimum absolute atomic E-state index is 0.0962. The van der Waals surface area contributed by atoms with Gasteiger partial charge in [0.25, 0.3) is 0 Å². The number of rotatable bonds is 4. The monoisotopic (exact) mass is 372 g/mol. The Bertz CT molecular complexity index is 789. The molecule has 4 rings (SSSR count). The van der Waals surface area contributed by atoms with Gasteiger partial charge in [0.15, 0.2) is 0 Å². The van der Waals surface area contributed by atoms with E-state index in [4.69, 9.17) is 0 Å². The zero-order valence-corrected chi connectivity index (χ0v) is 14.9. The molecule has 2 aromatic rings. The summed E-state index contributed by atoms with van der Waals surface area (Å²) in [5.74, 6) is -0.691. The van der Waals surface area contributed by atoms with E-state index in [2.05, 4.69) is 15.3 Å². The summed E-state index contributed by atoms with van der Waals surface area (Å²) in [5.41, 5.74) is 1.18. The molecule has 1 N–H and O–H groups in total. The number of halogens is 2. The van der Waals surface area contributed by atoms with Crippen molar-refractivity contribution in [2.24, 2.45) is 5.92 Å². The van der Waals surface area contributed by atoms with Crippen molar-refractivity contribution < 1.29 is 13.6 Å². The number of piperidine rings is 1. The van der Waals surface area contributed by atoms with Crippen LogP contribution in [0.2, 0.25) is 0 Å². The average Bonchev–Trinajstić information content (AvgIpc) is 3.46. The number of likely N-dealkylation sites (tertiary alicyclic amines) is 1. The number of hydrogen-bond donors (Lipinski definition) is 1. The van der Waals surface area contributed by atoms with Crippen LogP contribution in [-0.4, -0.2) is 40.5 Å². The third-order valence-electron chi connectivity index (χ3n) is 5.61. The van der Waals surface area contributed by atoms with E-state index in [9.17, 15) is 13.6 Å². The summed E-state index contributed by atoms with van der Waals surface area (Å²) in [6.45, 7) is 1.80. The van der Waals surface area contributed by atoms with Gasteiger partial charge in [0, 0.05) is 43.0 Å². The van der Waals surface area contributed by atoms with Crippen LogP contribution in [0.15, 0.2) is 36.8 Å². The summed E-state index contributed by atoms with van der Waals surface area (Å²) in [6.07, 6.45) is 5.74. The molecule has 1 aromatic carbocycles. The molecule has 1 aromatic heterocycles. The van der Waals surface area contributed by atoms with Gasteiger partial charge in [-0.05, 0) is 49.3 Å². The van der Waals surface area contributed by atoms with Gasteiger partial charge in [0.1, 0.15) is 18.0 Å². The highest BCUT2D eigenvalue weighted by Crippen LogP contribution is 2.48. The highest BCUT2D eigenvalue weighted by Gasteiger charge is 2.41. The van der Waals surface area contributed by atoms with Gasteiger partial charge in [0.05, 0.1) is 0 Å². The van der Waals surface area contributed by atoms with E-state index in [1.54, 1.807) is 17.4 Å². The summed E-state index contributed by atoms with van der Waals surface area (Å²) in [5, 5.41) is 2.92. The summed E-state index contributed by atoms with van der Waals surface area (Å²) >= 11 is 0. The van der Waals surface area contributed by atoms with Crippen molar-refractivity contribution in [1.82, 2.24) is 20.2 Å². The van der Waals surface area contributed by atoms with Crippen molar-refractivity contribution in [3.8, 4) is 0 Å². The van der Waals surface area contributed by atoms with Gasteiger partial charge in [0.2, 0.25) is 0 Å². The molecule has 0 spiro atoms. The second kappa shape index (κ2) is 7.58. The van der Waals surface area contributed by atoms with Crippen LogP contribution in [0.4, 0.5) is 13.6 Å². The highest BCUT2D eigenvalue weighted by atomic mass is 19.1. The Labute approximate surface area is 156 Å². The number of carbonyl (C=O) groups excluding carboxylic acids is 1. The minimum Gasteiger partial charge on any atom is -0.338 e. The molecule has 2 amide bonds. The molecule has 7 heteroatoms. The zero-order valence-electron chi connectivity index (χ0n) is 14.9. The number of aromatic nitrogens is 2. The topological polar surface area (TPSA) is 58.1 Å². The van der Waals surface area contributed by atoms with Gasteiger partial charge in [-0.2, -0.15) is 0 Å². The lowest BCUT2D eigenvalue weighted by atomic mass is 9.93. The summed E-state index contributed by atoms with van der Waals surface area (Å²) in [7, 11) is 0. The largest absolute Gasteiger partial charge is 0.338 e. The molecule has 1 aliphatic heterocycles. The molecule has 1 aliphatic carbocycles. The highest BCUT2D eigenvalue weighted by molar-refractivity contribution is 5.74. The first kappa shape index (κ1) is 17.8. The number of urea groups is 1. The molecule has 142 valence electrons. The number of nitrogens with one attached hydrogen (secondary N) is 1. The first-order valence-electron chi connectivity index (χ1n) is 9.36. The molecule has 0 unspecified atom stereocenters.